The number of hydrogen-bond acceptors (Lipinski definition) is 6. The fraction of sp³-hybridized carbons (Fsp3) is 0.240. The average Bonchev–Trinajstić information content (AvgIpc) is 3.50. The van der Waals surface area contributed by atoms with E-state index in [0.717, 1.165) is 35.3 Å². The summed E-state index contributed by atoms with van der Waals surface area (Å²) in [6, 6.07) is 19.2. The van der Waals surface area contributed by atoms with Crippen LogP contribution >= 0.6 is 11.3 Å². The summed E-state index contributed by atoms with van der Waals surface area (Å²) in [6.07, 6.45) is 4.42. The highest BCUT2D eigenvalue weighted by molar-refractivity contribution is 7.13. The summed E-state index contributed by atoms with van der Waals surface area (Å²) in [4.78, 5) is 28.0. The fourth-order valence-corrected chi connectivity index (χ4v) is 5.03. The predicted molar refractivity (Wildman–Crippen MR) is 127 cm³/mol. The number of carbonyl (C=O) groups excluding carboxylic acids is 1. The van der Waals surface area contributed by atoms with E-state index in [1.807, 2.05) is 66.0 Å². The summed E-state index contributed by atoms with van der Waals surface area (Å²) in [6.45, 7) is 0. The first-order valence-electron chi connectivity index (χ1n) is 10.9. The van der Waals surface area contributed by atoms with Gasteiger partial charge in [-0.15, -0.1) is 11.3 Å². The first kappa shape index (κ1) is 21.2. The number of rotatable bonds is 6. The van der Waals surface area contributed by atoms with Crippen molar-refractivity contribution in [2.45, 2.75) is 37.7 Å². The molecule has 0 spiro atoms. The van der Waals surface area contributed by atoms with Crippen LogP contribution < -0.4 is 15.8 Å². The fourth-order valence-electron chi connectivity index (χ4n) is 4.18. The van der Waals surface area contributed by atoms with Gasteiger partial charge < -0.3 is 10.1 Å². The zero-order chi connectivity index (χ0) is 22.7. The number of carbonyl (C=O) groups is 1. The molecule has 5 rings (SSSR count). The van der Waals surface area contributed by atoms with Gasteiger partial charge in [0.05, 0.1) is 4.88 Å². The lowest BCUT2D eigenvalue weighted by Gasteiger charge is -2.36. The number of H-pyrrole nitrogens is 1. The number of hydrogen-bond donors (Lipinski definition) is 2. The third-order valence-electron chi connectivity index (χ3n) is 5.86. The summed E-state index contributed by atoms with van der Waals surface area (Å²) in [5.41, 5.74) is 1.75. The van der Waals surface area contributed by atoms with Crippen LogP contribution in [0, 0.1) is 0 Å². The minimum absolute atomic E-state index is 0.116. The summed E-state index contributed by atoms with van der Waals surface area (Å²) < 4.78 is 10.9. The Balaban J connectivity index is 1.37. The van der Waals surface area contributed by atoms with Crippen molar-refractivity contribution in [3.63, 3.8) is 0 Å². The third-order valence-corrected chi connectivity index (χ3v) is 6.80. The maximum Gasteiger partial charge on any atom is 0.439 e. The van der Waals surface area contributed by atoms with E-state index >= 15 is 0 Å². The maximum absolute atomic E-state index is 13.4. The van der Waals surface area contributed by atoms with E-state index in [9.17, 15) is 9.59 Å². The largest absolute Gasteiger partial charge is 0.477 e. The van der Waals surface area contributed by atoms with Gasteiger partial charge in [0, 0.05) is 5.69 Å². The Morgan fingerprint density at radius 3 is 2.61 bits per heavy atom. The van der Waals surface area contributed by atoms with Crippen molar-refractivity contribution in [1.29, 1.82) is 0 Å². The molecule has 2 aromatic heterocycles. The van der Waals surface area contributed by atoms with Gasteiger partial charge in [0.1, 0.15) is 5.75 Å². The molecule has 0 aliphatic heterocycles. The van der Waals surface area contributed by atoms with Crippen molar-refractivity contribution in [2.24, 2.45) is 0 Å². The van der Waals surface area contributed by atoms with Gasteiger partial charge in [-0.1, -0.05) is 41.9 Å². The molecule has 33 heavy (non-hydrogen) atoms. The van der Waals surface area contributed by atoms with Crippen molar-refractivity contribution in [1.82, 2.24) is 10.1 Å². The van der Waals surface area contributed by atoms with Crippen molar-refractivity contribution >= 4 is 22.9 Å². The van der Waals surface area contributed by atoms with Crippen LogP contribution in [-0.2, 0) is 4.79 Å². The minimum atomic E-state index is -0.871. The number of amides is 1. The van der Waals surface area contributed by atoms with E-state index in [0.29, 0.717) is 30.1 Å². The van der Waals surface area contributed by atoms with Crippen molar-refractivity contribution in [2.75, 3.05) is 5.32 Å². The lowest BCUT2D eigenvalue weighted by Crippen LogP contribution is -2.49. The molecule has 4 aromatic rings. The molecule has 2 N–H and O–H groups in total. The topological polar surface area (TPSA) is 97.2 Å². The molecular weight excluding hydrogens is 438 g/mol. The van der Waals surface area contributed by atoms with Crippen molar-refractivity contribution in [3.8, 4) is 27.6 Å². The smallest absolute Gasteiger partial charge is 0.439 e. The summed E-state index contributed by atoms with van der Waals surface area (Å²) in [5, 5.41) is 8.81. The van der Waals surface area contributed by atoms with E-state index in [2.05, 4.69) is 20.0 Å². The first-order valence-corrected chi connectivity index (χ1v) is 11.8. The average molecular weight is 462 g/mol. The van der Waals surface area contributed by atoms with Crippen LogP contribution in [-0.4, -0.2) is 21.6 Å². The van der Waals surface area contributed by atoms with Crippen molar-refractivity contribution in [3.05, 3.63) is 76.6 Å². The van der Waals surface area contributed by atoms with E-state index in [4.69, 9.17) is 4.74 Å². The molecule has 0 radical (unpaired) electrons. The lowest BCUT2D eigenvalue weighted by molar-refractivity contribution is -0.134. The quantitative estimate of drug-likeness (QED) is 0.396. The Bertz CT molecular complexity index is 1300. The van der Waals surface area contributed by atoms with Crippen LogP contribution in [0.5, 0.6) is 5.75 Å². The predicted octanol–water partition coefficient (Wildman–Crippen LogP) is 5.48. The molecule has 1 aliphatic rings. The number of aromatic amines is 1. The first-order chi connectivity index (χ1) is 16.1. The third kappa shape index (κ3) is 4.61. The monoisotopic (exact) mass is 461 g/mol. The summed E-state index contributed by atoms with van der Waals surface area (Å²) >= 11 is 1.45. The van der Waals surface area contributed by atoms with E-state index in [1.54, 1.807) is 0 Å². The maximum atomic E-state index is 13.4. The van der Waals surface area contributed by atoms with Crippen LogP contribution in [0.2, 0.25) is 0 Å². The van der Waals surface area contributed by atoms with E-state index in [1.165, 1.54) is 11.3 Å². The number of anilines is 1. The molecule has 0 atom stereocenters. The molecule has 168 valence electrons. The summed E-state index contributed by atoms with van der Waals surface area (Å²) in [7, 11) is 0. The Labute approximate surface area is 194 Å². The molecule has 1 fully saturated rings. The van der Waals surface area contributed by atoms with Gasteiger partial charge in [0.15, 0.2) is 11.4 Å². The molecule has 0 unspecified atom stereocenters. The number of ether oxygens (including phenoxy) is 1. The second-order valence-electron chi connectivity index (χ2n) is 8.15. The highest BCUT2D eigenvalue weighted by atomic mass is 32.1. The minimum Gasteiger partial charge on any atom is -0.477 e. The van der Waals surface area contributed by atoms with Gasteiger partial charge in [-0.05, 0) is 72.5 Å². The molecule has 1 amide bonds. The van der Waals surface area contributed by atoms with Gasteiger partial charge >= 0.3 is 5.76 Å². The number of benzene rings is 2. The Morgan fingerprint density at radius 2 is 1.85 bits per heavy atom. The van der Waals surface area contributed by atoms with Gasteiger partial charge in [-0.3, -0.25) is 14.3 Å². The van der Waals surface area contributed by atoms with Gasteiger partial charge in [-0.25, -0.2) is 4.79 Å². The standard InChI is InChI=1S/C25H23N3O4S/c29-23(25(12-5-2-6-13-25)31-20-10-3-1-4-11-20)26-19-9-7-8-17(14-19)18-15-21(33-16-18)22-27-24(30)32-28-22/h1,3-4,7-11,14-16H,2,5-6,12-13H2,(H,26,29)(H,27,28,30). The molecule has 0 bridgehead atoms. The normalized spacial score (nSPS) is 15.2. The Kier molecular flexibility index (Phi) is 5.83. The van der Waals surface area contributed by atoms with Crippen LogP contribution in [0.15, 0.2) is 75.4 Å². The van der Waals surface area contributed by atoms with Crippen LogP contribution in [0.25, 0.3) is 21.8 Å². The van der Waals surface area contributed by atoms with E-state index in [-0.39, 0.29) is 5.91 Å². The zero-order valence-electron chi connectivity index (χ0n) is 17.9. The van der Waals surface area contributed by atoms with E-state index < -0.39 is 11.4 Å². The number of thiophene rings is 1. The molecule has 7 nitrogen and oxygen atoms in total. The molecule has 2 heterocycles. The van der Waals surface area contributed by atoms with Gasteiger partial charge in [0.2, 0.25) is 0 Å². The SMILES string of the molecule is O=C(Nc1cccc(-c2csc(-c3noc(=O)[nH]3)c2)c1)C1(Oc2ccccc2)CCCCC1. The molecular formula is C25H23N3O4S. The molecule has 2 aromatic carbocycles. The second-order valence-corrected chi connectivity index (χ2v) is 9.06. The number of aromatic nitrogens is 2. The number of nitrogens with one attached hydrogen (secondary N) is 2. The summed E-state index contributed by atoms with van der Waals surface area (Å²) in [5.74, 6) is 0.409. The molecule has 0 saturated heterocycles. The molecule has 1 aliphatic carbocycles. The number of nitrogens with zero attached hydrogens (tertiary/aromatic N) is 1. The van der Waals surface area contributed by atoms with Crippen LogP contribution in [0.1, 0.15) is 32.1 Å². The molecule has 8 heteroatoms. The number of para-hydroxylation sites is 1. The molecule has 1 saturated carbocycles. The van der Waals surface area contributed by atoms with Crippen LogP contribution in [0.3, 0.4) is 0 Å². The highest BCUT2D eigenvalue weighted by Gasteiger charge is 2.42. The van der Waals surface area contributed by atoms with Crippen molar-refractivity contribution < 1.29 is 14.1 Å². The Morgan fingerprint density at radius 1 is 1.03 bits per heavy atom. The zero-order valence-corrected chi connectivity index (χ0v) is 18.7. The highest BCUT2D eigenvalue weighted by Crippen LogP contribution is 2.35. The second kappa shape index (κ2) is 9.07. The van der Waals surface area contributed by atoms with Gasteiger partial charge in [0.25, 0.3) is 5.91 Å². The van der Waals surface area contributed by atoms with Crippen LogP contribution in [0.4, 0.5) is 5.69 Å². The van der Waals surface area contributed by atoms with Gasteiger partial charge in [-0.2, -0.15) is 0 Å². The Hall–Kier alpha value is -3.65. The lowest BCUT2D eigenvalue weighted by atomic mass is 9.83.